The molecule has 0 unspecified atom stereocenters. The van der Waals surface area contributed by atoms with Crippen LogP contribution in [0.25, 0.3) is 0 Å². The lowest BCUT2D eigenvalue weighted by Crippen LogP contribution is -2.49. The number of carbonyl (C=O) groups excluding carboxylic acids is 2. The van der Waals surface area contributed by atoms with Crippen LogP contribution in [0.4, 0.5) is 0 Å². The molecule has 2 rings (SSSR count). The maximum atomic E-state index is 13.1. The molecule has 5 nitrogen and oxygen atoms in total. The zero-order chi connectivity index (χ0) is 20.5. The van der Waals surface area contributed by atoms with Crippen molar-refractivity contribution >= 4 is 11.8 Å². The van der Waals surface area contributed by atoms with Crippen molar-refractivity contribution < 1.29 is 14.3 Å². The van der Waals surface area contributed by atoms with Crippen LogP contribution in [-0.2, 0) is 22.6 Å². The van der Waals surface area contributed by atoms with Gasteiger partial charge in [0.1, 0.15) is 11.8 Å². The fourth-order valence-electron chi connectivity index (χ4n) is 2.85. The van der Waals surface area contributed by atoms with E-state index in [0.717, 1.165) is 23.3 Å². The molecular formula is C23H30N2O3. The van der Waals surface area contributed by atoms with E-state index in [2.05, 4.69) is 5.32 Å². The van der Waals surface area contributed by atoms with Gasteiger partial charge in [-0.15, -0.1) is 0 Å². The van der Waals surface area contributed by atoms with E-state index < -0.39 is 6.04 Å². The van der Waals surface area contributed by atoms with Crippen LogP contribution in [0, 0.1) is 0 Å². The molecule has 0 spiro atoms. The van der Waals surface area contributed by atoms with Crippen LogP contribution < -0.4 is 10.1 Å². The molecule has 2 amide bonds. The number of methoxy groups -OCH3 is 1. The number of hydrogen-bond acceptors (Lipinski definition) is 3. The van der Waals surface area contributed by atoms with E-state index in [4.69, 9.17) is 4.74 Å². The van der Waals surface area contributed by atoms with Crippen LogP contribution in [-0.4, -0.2) is 35.9 Å². The topological polar surface area (TPSA) is 58.6 Å². The zero-order valence-electron chi connectivity index (χ0n) is 17.1. The molecule has 28 heavy (non-hydrogen) atoms. The summed E-state index contributed by atoms with van der Waals surface area (Å²) in [6.07, 6.45) is 1.10. The third-order valence-electron chi connectivity index (χ3n) is 4.88. The second-order valence-corrected chi connectivity index (χ2v) is 7.03. The average molecular weight is 383 g/mol. The molecular weight excluding hydrogens is 352 g/mol. The van der Waals surface area contributed by atoms with Crippen molar-refractivity contribution in [2.45, 2.75) is 52.2 Å². The number of nitrogens with one attached hydrogen (secondary N) is 1. The van der Waals surface area contributed by atoms with E-state index in [1.807, 2.05) is 68.4 Å². The van der Waals surface area contributed by atoms with Crippen molar-refractivity contribution in [2.75, 3.05) is 7.11 Å². The van der Waals surface area contributed by atoms with E-state index in [9.17, 15) is 9.59 Å². The summed E-state index contributed by atoms with van der Waals surface area (Å²) in [6, 6.07) is 16.7. The van der Waals surface area contributed by atoms with Crippen LogP contribution in [0.15, 0.2) is 54.6 Å². The van der Waals surface area contributed by atoms with Gasteiger partial charge in [0.05, 0.1) is 13.5 Å². The van der Waals surface area contributed by atoms with Gasteiger partial charge in [-0.25, -0.2) is 0 Å². The summed E-state index contributed by atoms with van der Waals surface area (Å²) in [5.41, 5.74) is 1.88. The standard InChI is InChI=1S/C23H30N2O3/c1-5-17(2)24-23(27)18(3)25(16-20-11-13-21(28-4)14-12-20)22(26)15-19-9-7-6-8-10-19/h6-14,17-18H,5,15-16H2,1-4H3,(H,24,27)/t17-,18+/m0/s1. The predicted molar refractivity (Wildman–Crippen MR) is 111 cm³/mol. The minimum Gasteiger partial charge on any atom is -0.497 e. The van der Waals surface area contributed by atoms with Crippen molar-refractivity contribution in [3.8, 4) is 5.75 Å². The predicted octanol–water partition coefficient (Wildman–Crippen LogP) is 3.57. The van der Waals surface area contributed by atoms with Gasteiger partial charge in [0, 0.05) is 12.6 Å². The first-order chi connectivity index (χ1) is 13.4. The molecule has 0 heterocycles. The number of hydrogen-bond donors (Lipinski definition) is 1. The fraction of sp³-hybridized carbons (Fsp3) is 0.391. The third kappa shape index (κ3) is 6.12. The van der Waals surface area contributed by atoms with Crippen molar-refractivity contribution in [3.05, 3.63) is 65.7 Å². The van der Waals surface area contributed by atoms with Crippen LogP contribution in [0.1, 0.15) is 38.3 Å². The number of amides is 2. The Balaban J connectivity index is 2.20. The van der Waals surface area contributed by atoms with Crippen molar-refractivity contribution in [1.82, 2.24) is 10.2 Å². The molecule has 0 aliphatic rings. The van der Waals surface area contributed by atoms with E-state index in [0.29, 0.717) is 6.54 Å². The minimum atomic E-state index is -0.563. The van der Waals surface area contributed by atoms with Crippen LogP contribution >= 0.6 is 0 Å². The average Bonchev–Trinajstić information content (AvgIpc) is 2.72. The highest BCUT2D eigenvalue weighted by Crippen LogP contribution is 2.16. The smallest absolute Gasteiger partial charge is 0.242 e. The van der Waals surface area contributed by atoms with E-state index in [-0.39, 0.29) is 24.3 Å². The molecule has 0 aliphatic heterocycles. The van der Waals surface area contributed by atoms with Crippen molar-refractivity contribution in [3.63, 3.8) is 0 Å². The first-order valence-corrected chi connectivity index (χ1v) is 9.71. The van der Waals surface area contributed by atoms with Gasteiger partial charge in [-0.05, 0) is 43.5 Å². The lowest BCUT2D eigenvalue weighted by molar-refractivity contribution is -0.140. The largest absolute Gasteiger partial charge is 0.497 e. The molecule has 0 bridgehead atoms. The summed E-state index contributed by atoms with van der Waals surface area (Å²) < 4.78 is 5.20. The van der Waals surface area contributed by atoms with E-state index in [1.54, 1.807) is 18.9 Å². The van der Waals surface area contributed by atoms with Gasteiger partial charge in [0.25, 0.3) is 0 Å². The molecule has 2 aromatic rings. The highest BCUT2D eigenvalue weighted by Gasteiger charge is 2.26. The Morgan fingerprint density at radius 1 is 1.00 bits per heavy atom. The molecule has 0 aromatic heterocycles. The first kappa shape index (κ1) is 21.5. The number of ether oxygens (including phenoxy) is 1. The monoisotopic (exact) mass is 382 g/mol. The summed E-state index contributed by atoms with van der Waals surface area (Å²) in [4.78, 5) is 27.4. The minimum absolute atomic E-state index is 0.0713. The highest BCUT2D eigenvalue weighted by molar-refractivity contribution is 5.88. The molecule has 150 valence electrons. The first-order valence-electron chi connectivity index (χ1n) is 9.71. The molecule has 5 heteroatoms. The SMILES string of the molecule is CC[C@H](C)NC(=O)[C@@H](C)N(Cc1ccc(OC)cc1)C(=O)Cc1ccccc1. The Kier molecular flexibility index (Phi) is 8.05. The molecule has 0 radical (unpaired) electrons. The van der Waals surface area contributed by atoms with Gasteiger partial charge >= 0.3 is 0 Å². The van der Waals surface area contributed by atoms with Gasteiger partial charge < -0.3 is 15.0 Å². The normalized spacial score (nSPS) is 12.7. The Morgan fingerprint density at radius 2 is 1.64 bits per heavy atom. The maximum Gasteiger partial charge on any atom is 0.242 e. The van der Waals surface area contributed by atoms with Gasteiger partial charge in [-0.2, -0.15) is 0 Å². The summed E-state index contributed by atoms with van der Waals surface area (Å²) in [7, 11) is 1.62. The van der Waals surface area contributed by atoms with Crippen molar-refractivity contribution in [2.24, 2.45) is 0 Å². The molecule has 0 fully saturated rings. The van der Waals surface area contributed by atoms with Gasteiger partial charge in [0.15, 0.2) is 0 Å². The summed E-state index contributed by atoms with van der Waals surface area (Å²) >= 11 is 0. The van der Waals surface area contributed by atoms with E-state index in [1.165, 1.54) is 0 Å². The quantitative estimate of drug-likeness (QED) is 0.721. The summed E-state index contributed by atoms with van der Waals surface area (Å²) in [5.74, 6) is 0.548. The van der Waals surface area contributed by atoms with Crippen LogP contribution in [0.5, 0.6) is 5.75 Å². The lowest BCUT2D eigenvalue weighted by atomic mass is 10.1. The fourth-order valence-corrected chi connectivity index (χ4v) is 2.85. The number of rotatable bonds is 9. The highest BCUT2D eigenvalue weighted by atomic mass is 16.5. The van der Waals surface area contributed by atoms with E-state index >= 15 is 0 Å². The lowest BCUT2D eigenvalue weighted by Gasteiger charge is -2.30. The summed E-state index contributed by atoms with van der Waals surface area (Å²) in [5, 5.41) is 2.98. The zero-order valence-corrected chi connectivity index (χ0v) is 17.1. The van der Waals surface area contributed by atoms with Gasteiger partial charge in [-0.3, -0.25) is 9.59 Å². The number of carbonyl (C=O) groups is 2. The second-order valence-electron chi connectivity index (χ2n) is 7.03. The van der Waals surface area contributed by atoms with Gasteiger partial charge in [0.2, 0.25) is 11.8 Å². The Morgan fingerprint density at radius 3 is 2.21 bits per heavy atom. The summed E-state index contributed by atoms with van der Waals surface area (Å²) in [6.45, 7) is 6.13. The Hall–Kier alpha value is -2.82. The molecule has 2 atom stereocenters. The second kappa shape index (κ2) is 10.5. The number of benzene rings is 2. The van der Waals surface area contributed by atoms with Crippen molar-refractivity contribution in [1.29, 1.82) is 0 Å². The van der Waals surface area contributed by atoms with Gasteiger partial charge in [-0.1, -0.05) is 49.4 Å². The molecule has 0 aliphatic carbocycles. The maximum absolute atomic E-state index is 13.1. The Labute approximate surface area is 167 Å². The number of nitrogens with zero attached hydrogens (tertiary/aromatic N) is 1. The molecule has 2 aromatic carbocycles. The third-order valence-corrected chi connectivity index (χ3v) is 4.88. The molecule has 1 N–H and O–H groups in total. The Bertz CT molecular complexity index is 759. The van der Waals surface area contributed by atoms with Crippen LogP contribution in [0.3, 0.4) is 0 Å². The molecule has 0 saturated carbocycles. The van der Waals surface area contributed by atoms with Crippen LogP contribution in [0.2, 0.25) is 0 Å². The molecule has 0 saturated heterocycles.